The summed E-state index contributed by atoms with van der Waals surface area (Å²) in [7, 11) is 0. The molecule has 0 unspecified atom stereocenters. The summed E-state index contributed by atoms with van der Waals surface area (Å²) in [5.74, 6) is 0.496. The van der Waals surface area contributed by atoms with Gasteiger partial charge in [0.05, 0.1) is 17.0 Å². The average Bonchev–Trinajstić information content (AvgIpc) is 3.04. The van der Waals surface area contributed by atoms with Crippen LogP contribution in [0.15, 0.2) is 35.3 Å². The van der Waals surface area contributed by atoms with E-state index >= 15 is 0 Å². The Morgan fingerprint density at radius 1 is 1.26 bits per heavy atom. The minimum Gasteiger partial charge on any atom is -0.344 e. The van der Waals surface area contributed by atoms with Gasteiger partial charge in [0, 0.05) is 17.3 Å². The van der Waals surface area contributed by atoms with Crippen molar-refractivity contribution in [2.75, 3.05) is 0 Å². The van der Waals surface area contributed by atoms with Crippen molar-refractivity contribution in [1.82, 2.24) is 25.1 Å². The monoisotopic (exact) mass is 365 g/mol. The summed E-state index contributed by atoms with van der Waals surface area (Å²) in [6.45, 7) is 5.70. The zero-order valence-electron chi connectivity index (χ0n) is 15.7. The van der Waals surface area contributed by atoms with Gasteiger partial charge in [-0.1, -0.05) is 18.2 Å². The molecule has 0 spiro atoms. The number of aryl methyl sites for hydroxylation is 1. The predicted octanol–water partition coefficient (Wildman–Crippen LogP) is 2.82. The Morgan fingerprint density at radius 2 is 1.96 bits per heavy atom. The molecule has 0 radical (unpaired) electrons. The van der Waals surface area contributed by atoms with Gasteiger partial charge in [-0.2, -0.15) is 5.10 Å². The molecule has 1 fully saturated rings. The summed E-state index contributed by atoms with van der Waals surface area (Å²) in [5.41, 5.74) is 0.556. The fraction of sp³-hybridized carbons (Fsp3) is 0.400. The van der Waals surface area contributed by atoms with Crippen molar-refractivity contribution in [3.63, 3.8) is 0 Å². The molecule has 0 atom stereocenters. The molecule has 4 rings (SSSR count). The minimum atomic E-state index is -0.493. The number of carbonyl (C=O) groups excluding carboxylic acids is 1. The number of aromatic nitrogens is 4. The van der Waals surface area contributed by atoms with Gasteiger partial charge in [0.15, 0.2) is 5.69 Å². The quantitative estimate of drug-likeness (QED) is 0.743. The first-order chi connectivity index (χ1) is 12.9. The van der Waals surface area contributed by atoms with E-state index in [0.29, 0.717) is 10.8 Å². The molecule has 2 heterocycles. The molecule has 2 N–H and O–H groups in total. The van der Waals surface area contributed by atoms with Crippen molar-refractivity contribution >= 4 is 16.7 Å². The molecule has 140 valence electrons. The number of H-pyrrole nitrogens is 1. The molecule has 1 aromatic carbocycles. The first-order valence-corrected chi connectivity index (χ1v) is 9.27. The van der Waals surface area contributed by atoms with E-state index in [1.165, 1.54) is 4.68 Å². The normalized spacial score (nSPS) is 15.7. The Kier molecular flexibility index (Phi) is 4.09. The molecule has 27 heavy (non-hydrogen) atoms. The number of benzene rings is 1. The summed E-state index contributed by atoms with van der Waals surface area (Å²) in [4.78, 5) is 33.6. The van der Waals surface area contributed by atoms with Crippen molar-refractivity contribution < 1.29 is 4.79 Å². The third kappa shape index (κ3) is 2.83. The number of rotatable bonds is 4. The van der Waals surface area contributed by atoms with E-state index < -0.39 is 5.54 Å². The Labute approximate surface area is 156 Å². The third-order valence-electron chi connectivity index (χ3n) is 5.25. The van der Waals surface area contributed by atoms with Crippen molar-refractivity contribution in [3.05, 3.63) is 58.0 Å². The topological polar surface area (TPSA) is 92.7 Å². The van der Waals surface area contributed by atoms with Gasteiger partial charge < -0.3 is 10.3 Å². The Morgan fingerprint density at radius 3 is 2.52 bits per heavy atom. The summed E-state index contributed by atoms with van der Waals surface area (Å²) in [6.07, 6.45) is 4.45. The lowest BCUT2D eigenvalue weighted by molar-refractivity contribution is 0.0804. The molecule has 1 aliphatic rings. The highest BCUT2D eigenvalue weighted by Crippen LogP contribution is 2.40. The predicted molar refractivity (Wildman–Crippen MR) is 103 cm³/mol. The summed E-state index contributed by atoms with van der Waals surface area (Å²) < 4.78 is 1.38. The van der Waals surface area contributed by atoms with Gasteiger partial charge in [0.2, 0.25) is 0 Å². The van der Waals surface area contributed by atoms with Crippen LogP contribution in [0.1, 0.15) is 61.2 Å². The molecule has 1 saturated carbocycles. The number of fused-ring (bicyclic) bond motifs is 1. The molecule has 1 aliphatic carbocycles. The fourth-order valence-corrected chi connectivity index (χ4v) is 3.61. The lowest BCUT2D eigenvalue weighted by Crippen LogP contribution is -2.52. The van der Waals surface area contributed by atoms with Crippen molar-refractivity contribution in [1.29, 1.82) is 0 Å². The van der Waals surface area contributed by atoms with Crippen LogP contribution in [0.25, 0.3) is 10.8 Å². The van der Waals surface area contributed by atoms with E-state index in [0.717, 1.165) is 30.8 Å². The van der Waals surface area contributed by atoms with Gasteiger partial charge >= 0.3 is 0 Å². The molecule has 3 aromatic rings. The number of hydrogen-bond donors (Lipinski definition) is 2. The van der Waals surface area contributed by atoms with Crippen LogP contribution in [0, 0.1) is 6.92 Å². The summed E-state index contributed by atoms with van der Waals surface area (Å²) >= 11 is 0. The molecular weight excluding hydrogens is 342 g/mol. The van der Waals surface area contributed by atoms with E-state index in [2.05, 4.69) is 20.4 Å². The van der Waals surface area contributed by atoms with E-state index in [4.69, 9.17) is 0 Å². The van der Waals surface area contributed by atoms with E-state index in [9.17, 15) is 9.59 Å². The second-order valence-corrected chi connectivity index (χ2v) is 7.54. The van der Waals surface area contributed by atoms with Crippen LogP contribution in [0.5, 0.6) is 0 Å². The molecule has 2 aromatic heterocycles. The van der Waals surface area contributed by atoms with Gasteiger partial charge in [-0.15, -0.1) is 0 Å². The first kappa shape index (κ1) is 17.5. The van der Waals surface area contributed by atoms with E-state index in [1.54, 1.807) is 24.4 Å². The molecule has 0 aliphatic heterocycles. The van der Waals surface area contributed by atoms with Gasteiger partial charge in [-0.3, -0.25) is 9.59 Å². The number of hydrogen-bond acceptors (Lipinski definition) is 4. The van der Waals surface area contributed by atoms with Crippen molar-refractivity contribution in [2.24, 2.45) is 0 Å². The molecular formula is C20H23N5O2. The van der Waals surface area contributed by atoms with Crippen molar-refractivity contribution in [2.45, 2.75) is 51.6 Å². The number of nitrogens with zero attached hydrogens (tertiary/aromatic N) is 3. The SMILES string of the molecule is Cc1cnc(C2(NC(=O)c3nn(C(C)C)c(=O)c4ccccc34)CCC2)[nH]1. The summed E-state index contributed by atoms with van der Waals surface area (Å²) in [6, 6.07) is 6.99. The third-order valence-corrected chi connectivity index (χ3v) is 5.25. The van der Waals surface area contributed by atoms with Crippen LogP contribution >= 0.6 is 0 Å². The van der Waals surface area contributed by atoms with Gasteiger partial charge in [0.25, 0.3) is 11.5 Å². The molecule has 0 bridgehead atoms. The Bertz CT molecular complexity index is 1080. The molecule has 1 amide bonds. The smallest absolute Gasteiger partial charge is 0.274 e. The zero-order valence-corrected chi connectivity index (χ0v) is 15.7. The van der Waals surface area contributed by atoms with Crippen LogP contribution < -0.4 is 10.9 Å². The minimum absolute atomic E-state index is 0.140. The molecule has 7 nitrogen and oxygen atoms in total. The molecule has 7 heteroatoms. The molecule has 0 saturated heterocycles. The van der Waals surface area contributed by atoms with Crippen LogP contribution in [-0.2, 0) is 5.54 Å². The maximum atomic E-state index is 13.2. The zero-order chi connectivity index (χ0) is 19.2. The Hall–Kier alpha value is -2.96. The van der Waals surface area contributed by atoms with Gasteiger partial charge in [-0.25, -0.2) is 9.67 Å². The highest BCUT2D eigenvalue weighted by Gasteiger charge is 2.43. The summed E-state index contributed by atoms with van der Waals surface area (Å²) in [5, 5.41) is 8.62. The van der Waals surface area contributed by atoms with Gasteiger partial charge in [-0.05, 0) is 46.1 Å². The average molecular weight is 365 g/mol. The second kappa shape index (κ2) is 6.33. The fourth-order valence-electron chi connectivity index (χ4n) is 3.61. The van der Waals surface area contributed by atoms with Gasteiger partial charge in [0.1, 0.15) is 5.82 Å². The highest BCUT2D eigenvalue weighted by atomic mass is 16.2. The number of carbonyl (C=O) groups is 1. The lowest BCUT2D eigenvalue weighted by Gasteiger charge is -2.40. The van der Waals surface area contributed by atoms with Crippen LogP contribution in [0.3, 0.4) is 0 Å². The van der Waals surface area contributed by atoms with Crippen LogP contribution in [0.2, 0.25) is 0 Å². The highest BCUT2D eigenvalue weighted by molar-refractivity contribution is 6.05. The number of imidazole rings is 1. The maximum Gasteiger partial charge on any atom is 0.274 e. The second-order valence-electron chi connectivity index (χ2n) is 7.54. The Balaban J connectivity index is 1.79. The standard InChI is InChI=1S/C20H23N5O2/c1-12(2)25-18(27)15-8-5-4-7-14(15)16(24-25)17(26)23-20(9-6-10-20)19-21-11-13(3)22-19/h4-5,7-8,11-12H,6,9-10H2,1-3H3,(H,21,22)(H,23,26). The van der Waals surface area contributed by atoms with Crippen LogP contribution in [-0.4, -0.2) is 25.7 Å². The largest absolute Gasteiger partial charge is 0.344 e. The maximum absolute atomic E-state index is 13.2. The number of nitrogens with one attached hydrogen (secondary N) is 2. The lowest BCUT2D eigenvalue weighted by atomic mass is 9.76. The van der Waals surface area contributed by atoms with E-state index in [-0.39, 0.29) is 23.2 Å². The van der Waals surface area contributed by atoms with Crippen LogP contribution in [0.4, 0.5) is 0 Å². The first-order valence-electron chi connectivity index (χ1n) is 9.27. The number of amides is 1. The van der Waals surface area contributed by atoms with E-state index in [1.807, 2.05) is 26.8 Å². The van der Waals surface area contributed by atoms with Crippen molar-refractivity contribution in [3.8, 4) is 0 Å². The number of aromatic amines is 1.